The number of hydrogen-bond acceptors (Lipinski definition) is 3. The number of benzene rings is 1. The zero-order chi connectivity index (χ0) is 16.2. The second-order valence-corrected chi connectivity index (χ2v) is 6.76. The number of aryl methyl sites for hydroxylation is 1. The Morgan fingerprint density at radius 1 is 1.22 bits per heavy atom. The van der Waals surface area contributed by atoms with Crippen LogP contribution in [-0.2, 0) is 20.7 Å². The van der Waals surface area contributed by atoms with Gasteiger partial charge in [-0.2, -0.15) is 0 Å². The van der Waals surface area contributed by atoms with Crippen molar-refractivity contribution < 1.29 is 14.3 Å². The van der Waals surface area contributed by atoms with Crippen molar-refractivity contribution in [1.29, 1.82) is 0 Å². The van der Waals surface area contributed by atoms with Crippen LogP contribution in [-0.4, -0.2) is 42.9 Å². The van der Waals surface area contributed by atoms with Gasteiger partial charge in [-0.25, -0.2) is 0 Å². The number of rotatable bonds is 4. The summed E-state index contributed by atoms with van der Waals surface area (Å²) in [5.41, 5.74) is 0.912. The molecule has 1 unspecified atom stereocenters. The highest BCUT2D eigenvalue weighted by Gasteiger charge is 2.35. The molecule has 0 spiro atoms. The van der Waals surface area contributed by atoms with Crippen molar-refractivity contribution in [3.8, 4) is 0 Å². The molecule has 1 amide bonds. The summed E-state index contributed by atoms with van der Waals surface area (Å²) < 4.78 is 11.2. The molecule has 2 aliphatic heterocycles. The fraction of sp³-hybridized carbons (Fsp3) is 0.588. The number of likely N-dealkylation sites (tertiary alicyclic amines) is 1. The van der Waals surface area contributed by atoms with Gasteiger partial charge in [-0.15, -0.1) is 0 Å². The minimum atomic E-state index is -0.269. The maximum absolute atomic E-state index is 12.7. The number of nitrogens with zero attached hydrogens (tertiary/aromatic N) is 1. The van der Waals surface area contributed by atoms with Gasteiger partial charge in [0.15, 0.2) is 6.29 Å². The molecule has 1 atom stereocenters. The van der Waals surface area contributed by atoms with E-state index < -0.39 is 0 Å². The van der Waals surface area contributed by atoms with Gasteiger partial charge >= 0.3 is 0 Å². The number of carbonyl (C=O) groups excluding carboxylic acids is 1. The van der Waals surface area contributed by atoms with Gasteiger partial charge < -0.3 is 14.4 Å². The minimum absolute atomic E-state index is 0.0357. The lowest BCUT2D eigenvalue weighted by atomic mass is 10.00. The first-order chi connectivity index (χ1) is 11.2. The molecule has 0 radical (unpaired) electrons. The lowest BCUT2D eigenvalue weighted by molar-refractivity contribution is -0.150. The lowest BCUT2D eigenvalue weighted by Gasteiger charge is -2.38. The van der Waals surface area contributed by atoms with Gasteiger partial charge in [0, 0.05) is 13.0 Å². The number of amides is 1. The Bertz CT molecular complexity index is 561. The quantitative estimate of drug-likeness (QED) is 0.824. The molecular formula is C17H21Cl2NO3. The summed E-state index contributed by atoms with van der Waals surface area (Å²) >= 11 is 12.2. The summed E-state index contributed by atoms with van der Waals surface area (Å²) in [6.45, 7) is 2.00. The maximum Gasteiger partial charge on any atom is 0.223 e. The van der Waals surface area contributed by atoms with E-state index in [2.05, 4.69) is 0 Å². The van der Waals surface area contributed by atoms with Gasteiger partial charge in [0.1, 0.15) is 0 Å². The van der Waals surface area contributed by atoms with E-state index in [0.29, 0.717) is 36.1 Å². The maximum atomic E-state index is 12.7. The van der Waals surface area contributed by atoms with Gasteiger partial charge in [0.25, 0.3) is 0 Å². The number of hydrogen-bond donors (Lipinski definition) is 0. The second-order valence-electron chi connectivity index (χ2n) is 5.97. The molecule has 0 aliphatic carbocycles. The fourth-order valence-corrected chi connectivity index (χ4v) is 3.69. The number of carbonyl (C=O) groups is 1. The molecule has 2 saturated heterocycles. The van der Waals surface area contributed by atoms with E-state index >= 15 is 0 Å². The topological polar surface area (TPSA) is 38.8 Å². The van der Waals surface area contributed by atoms with E-state index in [1.165, 1.54) is 0 Å². The average molecular weight is 358 g/mol. The molecule has 23 heavy (non-hydrogen) atoms. The predicted molar refractivity (Wildman–Crippen MR) is 89.8 cm³/mol. The first kappa shape index (κ1) is 17.0. The minimum Gasteiger partial charge on any atom is -0.348 e. The normalized spacial score (nSPS) is 22.5. The molecule has 2 aliphatic rings. The van der Waals surface area contributed by atoms with E-state index in [1.54, 1.807) is 6.07 Å². The molecule has 0 bridgehead atoms. The van der Waals surface area contributed by atoms with Crippen LogP contribution in [0.1, 0.15) is 31.2 Å². The van der Waals surface area contributed by atoms with Crippen LogP contribution in [0.15, 0.2) is 18.2 Å². The standard InChI is InChI=1S/C17H21Cl2NO3/c18-13-5-3-4-12(16(13)19)7-8-15(21)20-9-2-1-6-14(20)17-22-10-11-23-17/h3-5,14,17H,1-2,6-11H2. The van der Waals surface area contributed by atoms with E-state index in [-0.39, 0.29) is 18.2 Å². The Morgan fingerprint density at radius 2 is 2.00 bits per heavy atom. The van der Waals surface area contributed by atoms with Crippen LogP contribution in [0.3, 0.4) is 0 Å². The van der Waals surface area contributed by atoms with Crippen molar-refractivity contribution >= 4 is 29.1 Å². The number of ether oxygens (including phenoxy) is 2. The molecule has 6 heteroatoms. The summed E-state index contributed by atoms with van der Waals surface area (Å²) in [6.07, 6.45) is 3.82. The molecule has 4 nitrogen and oxygen atoms in total. The number of piperidine rings is 1. The van der Waals surface area contributed by atoms with Crippen LogP contribution in [0.5, 0.6) is 0 Å². The van der Waals surface area contributed by atoms with E-state index in [4.69, 9.17) is 32.7 Å². The molecule has 0 aromatic heterocycles. The lowest BCUT2D eigenvalue weighted by Crippen LogP contribution is -2.50. The molecule has 2 fully saturated rings. The zero-order valence-electron chi connectivity index (χ0n) is 13.0. The molecule has 2 heterocycles. The highest BCUT2D eigenvalue weighted by Crippen LogP contribution is 2.28. The van der Waals surface area contributed by atoms with Gasteiger partial charge in [0.2, 0.25) is 5.91 Å². The molecular weight excluding hydrogens is 337 g/mol. The van der Waals surface area contributed by atoms with E-state index in [1.807, 2.05) is 17.0 Å². The highest BCUT2D eigenvalue weighted by molar-refractivity contribution is 6.42. The van der Waals surface area contributed by atoms with Crippen molar-refractivity contribution in [2.75, 3.05) is 19.8 Å². The summed E-state index contributed by atoms with van der Waals surface area (Å²) in [4.78, 5) is 14.6. The fourth-order valence-electron chi connectivity index (χ4n) is 3.28. The third kappa shape index (κ3) is 4.00. The number of halogens is 2. The first-order valence-corrected chi connectivity index (χ1v) is 8.88. The van der Waals surface area contributed by atoms with Gasteiger partial charge in [-0.05, 0) is 37.3 Å². The Kier molecular flexibility index (Phi) is 5.81. The Hall–Kier alpha value is -0.810. The summed E-state index contributed by atoms with van der Waals surface area (Å²) in [5.74, 6) is 0.129. The highest BCUT2D eigenvalue weighted by atomic mass is 35.5. The van der Waals surface area contributed by atoms with Crippen molar-refractivity contribution in [2.45, 2.75) is 44.4 Å². The predicted octanol–water partition coefficient (Wildman–Crippen LogP) is 3.68. The summed E-state index contributed by atoms with van der Waals surface area (Å²) in [5, 5.41) is 1.07. The van der Waals surface area contributed by atoms with E-state index in [0.717, 1.165) is 31.4 Å². The molecule has 1 aromatic rings. The summed E-state index contributed by atoms with van der Waals surface area (Å²) in [7, 11) is 0. The Balaban J connectivity index is 1.62. The molecule has 1 aromatic carbocycles. The molecule has 3 rings (SSSR count). The van der Waals surface area contributed by atoms with Crippen LogP contribution in [0, 0.1) is 0 Å². The Morgan fingerprint density at radius 3 is 2.78 bits per heavy atom. The van der Waals surface area contributed by atoms with Gasteiger partial charge in [-0.3, -0.25) is 4.79 Å². The third-order valence-corrected chi connectivity index (χ3v) is 5.33. The largest absolute Gasteiger partial charge is 0.348 e. The first-order valence-electron chi connectivity index (χ1n) is 8.12. The molecule has 126 valence electrons. The van der Waals surface area contributed by atoms with E-state index in [9.17, 15) is 4.79 Å². The zero-order valence-corrected chi connectivity index (χ0v) is 14.5. The smallest absolute Gasteiger partial charge is 0.223 e. The van der Waals surface area contributed by atoms with Gasteiger partial charge in [-0.1, -0.05) is 35.3 Å². The Labute approximate surface area is 146 Å². The monoisotopic (exact) mass is 357 g/mol. The molecule has 0 saturated carbocycles. The average Bonchev–Trinajstić information content (AvgIpc) is 3.10. The van der Waals surface area contributed by atoms with Crippen molar-refractivity contribution in [3.63, 3.8) is 0 Å². The van der Waals surface area contributed by atoms with Crippen LogP contribution in [0.2, 0.25) is 10.0 Å². The van der Waals surface area contributed by atoms with Crippen molar-refractivity contribution in [3.05, 3.63) is 33.8 Å². The van der Waals surface area contributed by atoms with Gasteiger partial charge in [0.05, 0.1) is 29.3 Å². The SMILES string of the molecule is O=C(CCc1cccc(Cl)c1Cl)N1CCCCC1C1OCCO1. The van der Waals surface area contributed by atoms with Crippen LogP contribution in [0.4, 0.5) is 0 Å². The molecule has 0 N–H and O–H groups in total. The van der Waals surface area contributed by atoms with Crippen molar-refractivity contribution in [1.82, 2.24) is 4.90 Å². The van der Waals surface area contributed by atoms with Crippen molar-refractivity contribution in [2.24, 2.45) is 0 Å². The van der Waals surface area contributed by atoms with Crippen LogP contribution in [0.25, 0.3) is 0 Å². The third-order valence-electron chi connectivity index (χ3n) is 4.47. The summed E-state index contributed by atoms with van der Waals surface area (Å²) in [6, 6.07) is 5.56. The van der Waals surface area contributed by atoms with Crippen LogP contribution < -0.4 is 0 Å². The van der Waals surface area contributed by atoms with Crippen LogP contribution >= 0.6 is 23.2 Å². The second kappa shape index (κ2) is 7.84.